The number of pyridine rings is 1. The molecule has 0 atom stereocenters. The molecule has 6 rings (SSSR count). The van der Waals surface area contributed by atoms with Gasteiger partial charge in [0.05, 0.1) is 17.1 Å². The molecule has 2 aliphatic rings. The van der Waals surface area contributed by atoms with E-state index in [0.717, 1.165) is 45.0 Å². The summed E-state index contributed by atoms with van der Waals surface area (Å²) in [5.41, 5.74) is 7.29. The number of hydrogen-bond donors (Lipinski definition) is 1. The van der Waals surface area contributed by atoms with E-state index < -0.39 is 0 Å². The normalized spacial score (nSPS) is 13.7. The quantitative estimate of drug-likeness (QED) is 0.418. The number of para-hydroxylation sites is 1. The van der Waals surface area contributed by atoms with Crippen molar-refractivity contribution in [1.29, 1.82) is 0 Å². The van der Waals surface area contributed by atoms with E-state index in [0.29, 0.717) is 23.1 Å². The SMILES string of the molecule is O=C1COc2ccc(-c3cc(-c4ccc(Cl)cc4)c4c(n3)-c3ccccc3OC4)cc2N1. The van der Waals surface area contributed by atoms with Crippen LogP contribution in [0.3, 0.4) is 0 Å². The highest BCUT2D eigenvalue weighted by Gasteiger charge is 2.24. The smallest absolute Gasteiger partial charge is 0.262 e. The number of halogens is 1. The minimum absolute atomic E-state index is 0.0287. The minimum Gasteiger partial charge on any atom is -0.488 e. The first-order chi connectivity index (χ1) is 15.7. The molecule has 6 heteroatoms. The molecule has 3 aromatic carbocycles. The largest absolute Gasteiger partial charge is 0.488 e. The van der Waals surface area contributed by atoms with Gasteiger partial charge in [0.15, 0.2) is 6.61 Å². The number of fused-ring (bicyclic) bond motifs is 4. The Morgan fingerprint density at radius 2 is 1.59 bits per heavy atom. The van der Waals surface area contributed by atoms with Gasteiger partial charge in [-0.25, -0.2) is 4.98 Å². The van der Waals surface area contributed by atoms with Crippen LogP contribution in [0.25, 0.3) is 33.6 Å². The third-order valence-corrected chi connectivity index (χ3v) is 5.95. The van der Waals surface area contributed by atoms with E-state index in [1.54, 1.807) is 0 Å². The molecule has 1 amide bonds. The highest BCUT2D eigenvalue weighted by molar-refractivity contribution is 6.30. The molecule has 3 heterocycles. The first-order valence-electron chi connectivity index (χ1n) is 10.2. The average molecular weight is 441 g/mol. The lowest BCUT2D eigenvalue weighted by Crippen LogP contribution is -2.25. The van der Waals surface area contributed by atoms with Crippen LogP contribution in [0.2, 0.25) is 5.02 Å². The van der Waals surface area contributed by atoms with Gasteiger partial charge in [-0.05, 0) is 59.7 Å². The lowest BCUT2D eigenvalue weighted by atomic mass is 9.92. The first-order valence-corrected chi connectivity index (χ1v) is 10.6. The maximum Gasteiger partial charge on any atom is 0.262 e. The zero-order valence-corrected chi connectivity index (χ0v) is 17.6. The number of aromatic nitrogens is 1. The summed E-state index contributed by atoms with van der Waals surface area (Å²) in [6.07, 6.45) is 0. The second-order valence-electron chi connectivity index (χ2n) is 7.72. The lowest BCUT2D eigenvalue weighted by Gasteiger charge is -2.24. The van der Waals surface area contributed by atoms with Crippen molar-refractivity contribution < 1.29 is 14.3 Å². The second kappa shape index (κ2) is 7.39. The average Bonchev–Trinajstić information content (AvgIpc) is 2.83. The molecule has 2 aliphatic heterocycles. The number of nitrogens with zero attached hydrogens (tertiary/aromatic N) is 1. The van der Waals surface area contributed by atoms with Crippen molar-refractivity contribution in [3.63, 3.8) is 0 Å². The number of amides is 1. The van der Waals surface area contributed by atoms with Crippen LogP contribution in [0, 0.1) is 0 Å². The van der Waals surface area contributed by atoms with Gasteiger partial charge in [-0.3, -0.25) is 4.79 Å². The maximum absolute atomic E-state index is 11.8. The van der Waals surface area contributed by atoms with Crippen molar-refractivity contribution >= 4 is 23.2 Å². The molecule has 0 aliphatic carbocycles. The molecule has 1 N–H and O–H groups in total. The van der Waals surface area contributed by atoms with Crippen molar-refractivity contribution in [2.24, 2.45) is 0 Å². The van der Waals surface area contributed by atoms with E-state index in [4.69, 9.17) is 26.1 Å². The zero-order chi connectivity index (χ0) is 21.7. The van der Waals surface area contributed by atoms with Gasteiger partial charge in [0.2, 0.25) is 0 Å². The number of nitrogens with one attached hydrogen (secondary N) is 1. The Morgan fingerprint density at radius 1 is 0.812 bits per heavy atom. The number of anilines is 1. The van der Waals surface area contributed by atoms with E-state index in [1.165, 1.54) is 0 Å². The molecule has 156 valence electrons. The van der Waals surface area contributed by atoms with Gasteiger partial charge in [0.1, 0.15) is 18.1 Å². The zero-order valence-electron chi connectivity index (χ0n) is 16.9. The fourth-order valence-electron chi connectivity index (χ4n) is 4.16. The fourth-order valence-corrected chi connectivity index (χ4v) is 4.28. The summed E-state index contributed by atoms with van der Waals surface area (Å²) >= 11 is 6.13. The number of carbonyl (C=O) groups excluding carboxylic acids is 1. The summed E-state index contributed by atoms with van der Waals surface area (Å²) in [4.78, 5) is 16.8. The molecule has 0 spiro atoms. The molecule has 32 heavy (non-hydrogen) atoms. The number of ether oxygens (including phenoxy) is 2. The van der Waals surface area contributed by atoms with Crippen LogP contribution < -0.4 is 14.8 Å². The van der Waals surface area contributed by atoms with Crippen LogP contribution in [0.1, 0.15) is 5.56 Å². The van der Waals surface area contributed by atoms with Crippen LogP contribution in [0.15, 0.2) is 72.8 Å². The minimum atomic E-state index is -0.166. The fraction of sp³-hybridized carbons (Fsp3) is 0.0769. The molecule has 5 nitrogen and oxygen atoms in total. The number of rotatable bonds is 2. The molecule has 0 fully saturated rings. The van der Waals surface area contributed by atoms with Crippen LogP contribution >= 0.6 is 11.6 Å². The van der Waals surface area contributed by atoms with Crippen LogP contribution in [-0.2, 0) is 11.4 Å². The summed E-state index contributed by atoms with van der Waals surface area (Å²) in [5, 5.41) is 3.56. The summed E-state index contributed by atoms with van der Waals surface area (Å²) in [7, 11) is 0. The topological polar surface area (TPSA) is 60.5 Å². The molecular formula is C26H17ClN2O3. The summed E-state index contributed by atoms with van der Waals surface area (Å²) in [5.74, 6) is 1.31. The van der Waals surface area contributed by atoms with Crippen molar-refractivity contribution in [2.75, 3.05) is 11.9 Å². The van der Waals surface area contributed by atoms with E-state index in [9.17, 15) is 4.79 Å². The predicted octanol–water partition coefficient (Wildman–Crippen LogP) is 5.96. The van der Waals surface area contributed by atoms with Crippen molar-refractivity contribution in [3.05, 3.63) is 83.4 Å². The van der Waals surface area contributed by atoms with Crippen molar-refractivity contribution in [1.82, 2.24) is 4.98 Å². The molecule has 0 saturated carbocycles. The highest BCUT2D eigenvalue weighted by atomic mass is 35.5. The Morgan fingerprint density at radius 3 is 2.47 bits per heavy atom. The summed E-state index contributed by atoms with van der Waals surface area (Å²) in [6.45, 7) is 0.465. The lowest BCUT2D eigenvalue weighted by molar-refractivity contribution is -0.118. The Balaban J connectivity index is 1.57. The monoisotopic (exact) mass is 440 g/mol. The molecule has 0 radical (unpaired) electrons. The standard InChI is InChI=1S/C26H17ClN2O3/c27-17-8-5-15(6-9-17)19-12-21(16-7-10-24-22(11-16)28-25(30)14-32-24)29-26-18-3-1-2-4-23(18)31-13-20(19)26/h1-12H,13-14H2,(H,28,30). The Bertz CT molecular complexity index is 1380. The van der Waals surface area contributed by atoms with E-state index in [2.05, 4.69) is 11.4 Å². The Kier molecular flexibility index (Phi) is 4.37. The molecule has 1 aromatic heterocycles. The van der Waals surface area contributed by atoms with Crippen molar-refractivity contribution in [3.8, 4) is 45.1 Å². The Labute approximate surface area is 189 Å². The van der Waals surface area contributed by atoms with Gasteiger partial charge in [-0.15, -0.1) is 0 Å². The highest BCUT2D eigenvalue weighted by Crippen LogP contribution is 2.43. The van der Waals surface area contributed by atoms with Crippen LogP contribution in [-0.4, -0.2) is 17.5 Å². The van der Waals surface area contributed by atoms with Crippen LogP contribution in [0.5, 0.6) is 11.5 Å². The van der Waals surface area contributed by atoms with Gasteiger partial charge >= 0.3 is 0 Å². The molecule has 4 aromatic rings. The molecule has 0 unspecified atom stereocenters. The summed E-state index contributed by atoms with van der Waals surface area (Å²) in [6, 6.07) is 23.5. The van der Waals surface area contributed by atoms with E-state index >= 15 is 0 Å². The molecular weight excluding hydrogens is 424 g/mol. The molecule has 0 bridgehead atoms. The van der Waals surface area contributed by atoms with Gasteiger partial charge in [0.25, 0.3) is 5.91 Å². The van der Waals surface area contributed by atoms with Gasteiger partial charge < -0.3 is 14.8 Å². The number of benzene rings is 3. The number of hydrogen-bond acceptors (Lipinski definition) is 4. The summed E-state index contributed by atoms with van der Waals surface area (Å²) < 4.78 is 11.5. The van der Waals surface area contributed by atoms with Gasteiger partial charge in [0, 0.05) is 21.7 Å². The second-order valence-corrected chi connectivity index (χ2v) is 8.16. The molecule has 0 saturated heterocycles. The Hall–Kier alpha value is -3.83. The third kappa shape index (κ3) is 3.18. The first kappa shape index (κ1) is 18.9. The van der Waals surface area contributed by atoms with Gasteiger partial charge in [-0.2, -0.15) is 0 Å². The van der Waals surface area contributed by atoms with E-state index in [-0.39, 0.29) is 12.5 Å². The maximum atomic E-state index is 11.8. The van der Waals surface area contributed by atoms with Crippen LogP contribution in [0.4, 0.5) is 5.69 Å². The van der Waals surface area contributed by atoms with E-state index in [1.807, 2.05) is 66.7 Å². The van der Waals surface area contributed by atoms with Crippen molar-refractivity contribution in [2.45, 2.75) is 6.61 Å². The third-order valence-electron chi connectivity index (χ3n) is 5.70. The van der Waals surface area contributed by atoms with Gasteiger partial charge in [-0.1, -0.05) is 35.9 Å². The number of carbonyl (C=O) groups is 1. The predicted molar refractivity (Wildman–Crippen MR) is 124 cm³/mol.